The highest BCUT2D eigenvalue weighted by molar-refractivity contribution is 5.54. The highest BCUT2D eigenvalue weighted by Gasteiger charge is 2.05. The van der Waals surface area contributed by atoms with E-state index in [0.717, 1.165) is 44.2 Å². The highest BCUT2D eigenvalue weighted by Crippen LogP contribution is 2.19. The van der Waals surface area contributed by atoms with E-state index < -0.39 is 0 Å². The van der Waals surface area contributed by atoms with Crippen molar-refractivity contribution in [2.75, 3.05) is 11.9 Å². The number of aldehydes is 1. The molecule has 0 bridgehead atoms. The summed E-state index contributed by atoms with van der Waals surface area (Å²) in [4.78, 5) is 15.9. The van der Waals surface area contributed by atoms with Crippen molar-refractivity contribution >= 4 is 12.0 Å². The van der Waals surface area contributed by atoms with E-state index in [0.29, 0.717) is 19.1 Å². The molecule has 0 radical (unpaired) electrons. The molecule has 1 aromatic carbocycles. The van der Waals surface area contributed by atoms with E-state index in [-0.39, 0.29) is 0 Å². The number of hydroxylamine groups is 1. The first kappa shape index (κ1) is 18.7. The first-order chi connectivity index (χ1) is 10.7. The number of carbonyl (C=O) groups is 1. The summed E-state index contributed by atoms with van der Waals surface area (Å²) in [5.41, 5.74) is 6.65. The topological polar surface area (TPSA) is 50.4 Å². The largest absolute Gasteiger partial charge is 0.385 e. The van der Waals surface area contributed by atoms with Gasteiger partial charge >= 0.3 is 0 Å². The Balaban J connectivity index is 2.41. The summed E-state index contributed by atoms with van der Waals surface area (Å²) in [5.74, 6) is 0. The normalized spacial score (nSPS) is 12.1. The number of hydrogen-bond acceptors (Lipinski definition) is 4. The van der Waals surface area contributed by atoms with Crippen LogP contribution in [0.3, 0.4) is 0 Å². The standard InChI is InChI=1S/C18H30N2O2/c1-4-9-15(2)20-22-14-17-10-8-11-18(16(17)3)19-12-6-5-7-13-21/h8,10-11,13,15,19-20H,4-7,9,12,14H2,1-3H3. The van der Waals surface area contributed by atoms with Crippen LogP contribution >= 0.6 is 0 Å². The summed E-state index contributed by atoms with van der Waals surface area (Å²) < 4.78 is 0. The molecule has 0 aliphatic heterocycles. The quantitative estimate of drug-likeness (QED) is 0.348. The number of anilines is 1. The van der Waals surface area contributed by atoms with Gasteiger partial charge in [-0.15, -0.1) is 0 Å². The van der Waals surface area contributed by atoms with Crippen LogP contribution in [0.1, 0.15) is 57.1 Å². The smallest absolute Gasteiger partial charge is 0.119 e. The molecule has 0 amide bonds. The van der Waals surface area contributed by atoms with E-state index in [1.165, 1.54) is 11.1 Å². The molecule has 4 nitrogen and oxygen atoms in total. The summed E-state index contributed by atoms with van der Waals surface area (Å²) in [6.45, 7) is 7.88. The second-order valence-corrected chi connectivity index (χ2v) is 5.78. The number of nitrogens with one attached hydrogen (secondary N) is 2. The predicted molar refractivity (Wildman–Crippen MR) is 91.9 cm³/mol. The van der Waals surface area contributed by atoms with Gasteiger partial charge in [0.05, 0.1) is 6.61 Å². The molecule has 4 heteroatoms. The molecule has 0 aliphatic carbocycles. The number of unbranched alkanes of at least 4 members (excludes halogenated alkanes) is 2. The molecule has 1 atom stereocenters. The Morgan fingerprint density at radius 2 is 2.14 bits per heavy atom. The van der Waals surface area contributed by atoms with Crippen molar-refractivity contribution in [3.8, 4) is 0 Å². The molecular formula is C18H30N2O2. The molecule has 0 saturated heterocycles. The minimum Gasteiger partial charge on any atom is -0.385 e. The van der Waals surface area contributed by atoms with Gasteiger partial charge in [0.25, 0.3) is 0 Å². The van der Waals surface area contributed by atoms with E-state index >= 15 is 0 Å². The molecule has 0 aromatic heterocycles. The lowest BCUT2D eigenvalue weighted by molar-refractivity contribution is -0.107. The zero-order valence-corrected chi connectivity index (χ0v) is 14.2. The molecule has 1 rings (SSSR count). The zero-order valence-electron chi connectivity index (χ0n) is 14.2. The number of hydrogen-bond donors (Lipinski definition) is 2. The maximum atomic E-state index is 10.3. The molecule has 2 N–H and O–H groups in total. The van der Waals surface area contributed by atoms with Gasteiger partial charge in [0.15, 0.2) is 0 Å². The molecule has 22 heavy (non-hydrogen) atoms. The van der Waals surface area contributed by atoms with Gasteiger partial charge in [-0.1, -0.05) is 25.5 Å². The van der Waals surface area contributed by atoms with Crippen LogP contribution in [-0.4, -0.2) is 18.9 Å². The molecule has 0 fully saturated rings. The zero-order chi connectivity index (χ0) is 16.2. The van der Waals surface area contributed by atoms with E-state index in [1.54, 1.807) is 0 Å². The van der Waals surface area contributed by atoms with Crippen LogP contribution in [0.2, 0.25) is 0 Å². The van der Waals surface area contributed by atoms with Crippen LogP contribution in [0.25, 0.3) is 0 Å². The van der Waals surface area contributed by atoms with E-state index in [2.05, 4.69) is 49.8 Å². The third-order valence-electron chi connectivity index (χ3n) is 3.74. The first-order valence-electron chi connectivity index (χ1n) is 8.32. The lowest BCUT2D eigenvalue weighted by atomic mass is 10.1. The molecular weight excluding hydrogens is 276 g/mol. The monoisotopic (exact) mass is 306 g/mol. The van der Waals surface area contributed by atoms with E-state index in [9.17, 15) is 4.79 Å². The minimum atomic E-state index is 0.379. The van der Waals surface area contributed by atoms with E-state index in [1.807, 2.05) is 0 Å². The van der Waals surface area contributed by atoms with Gasteiger partial charge in [-0.2, -0.15) is 5.48 Å². The number of rotatable bonds is 12. The molecule has 124 valence electrons. The lowest BCUT2D eigenvalue weighted by Crippen LogP contribution is -2.25. The Morgan fingerprint density at radius 3 is 2.86 bits per heavy atom. The number of carbonyl (C=O) groups excluding carboxylic acids is 1. The second-order valence-electron chi connectivity index (χ2n) is 5.78. The van der Waals surface area contributed by atoms with Gasteiger partial charge < -0.3 is 10.1 Å². The molecule has 1 unspecified atom stereocenters. The van der Waals surface area contributed by atoms with Crippen LogP contribution in [-0.2, 0) is 16.2 Å². The summed E-state index contributed by atoms with van der Waals surface area (Å²) in [6, 6.07) is 6.61. The molecule has 0 saturated carbocycles. The van der Waals surface area contributed by atoms with Gasteiger partial charge in [0.2, 0.25) is 0 Å². The van der Waals surface area contributed by atoms with Gasteiger partial charge in [-0.25, -0.2) is 0 Å². The highest BCUT2D eigenvalue weighted by atomic mass is 16.6. The maximum absolute atomic E-state index is 10.3. The second kappa shape index (κ2) is 11.2. The summed E-state index contributed by atoms with van der Waals surface area (Å²) in [6.07, 6.45) is 5.85. The summed E-state index contributed by atoms with van der Waals surface area (Å²) in [7, 11) is 0. The average Bonchev–Trinajstić information content (AvgIpc) is 2.50. The van der Waals surface area contributed by atoms with E-state index in [4.69, 9.17) is 4.84 Å². The van der Waals surface area contributed by atoms with Crippen LogP contribution in [0, 0.1) is 6.92 Å². The Bertz CT molecular complexity index is 435. The fourth-order valence-electron chi connectivity index (χ4n) is 2.36. The van der Waals surface area contributed by atoms with Crippen molar-refractivity contribution < 1.29 is 9.63 Å². The van der Waals surface area contributed by atoms with Gasteiger partial charge in [-0.05, 0) is 50.3 Å². The Kier molecular flexibility index (Phi) is 9.51. The van der Waals surface area contributed by atoms with Gasteiger partial charge in [0, 0.05) is 24.7 Å². The fourth-order valence-corrected chi connectivity index (χ4v) is 2.36. The van der Waals surface area contributed by atoms with Gasteiger partial charge in [0.1, 0.15) is 6.29 Å². The molecule has 1 aromatic rings. The maximum Gasteiger partial charge on any atom is 0.119 e. The Labute approximate surface area is 134 Å². The summed E-state index contributed by atoms with van der Waals surface area (Å²) in [5, 5.41) is 3.44. The fraction of sp³-hybridized carbons (Fsp3) is 0.611. The SMILES string of the molecule is CCCC(C)NOCc1cccc(NCCCCC=O)c1C. The van der Waals surface area contributed by atoms with Crippen molar-refractivity contribution in [3.05, 3.63) is 29.3 Å². The lowest BCUT2D eigenvalue weighted by Gasteiger charge is -2.16. The van der Waals surface area contributed by atoms with Crippen molar-refractivity contribution in [1.29, 1.82) is 0 Å². The van der Waals surface area contributed by atoms with Crippen LogP contribution in [0.5, 0.6) is 0 Å². The number of benzene rings is 1. The van der Waals surface area contributed by atoms with Crippen LogP contribution < -0.4 is 10.8 Å². The Hall–Kier alpha value is -1.39. The molecule has 0 aliphatic rings. The summed E-state index contributed by atoms with van der Waals surface area (Å²) >= 11 is 0. The first-order valence-corrected chi connectivity index (χ1v) is 8.32. The molecule has 0 heterocycles. The van der Waals surface area contributed by atoms with Gasteiger partial charge in [-0.3, -0.25) is 4.84 Å². The minimum absolute atomic E-state index is 0.379. The third-order valence-corrected chi connectivity index (χ3v) is 3.74. The van der Waals surface area contributed by atoms with Crippen molar-refractivity contribution in [1.82, 2.24) is 5.48 Å². The predicted octanol–water partition coefficient (Wildman–Crippen LogP) is 3.99. The van der Waals surface area contributed by atoms with Crippen molar-refractivity contribution in [3.63, 3.8) is 0 Å². The average molecular weight is 306 g/mol. The van der Waals surface area contributed by atoms with Crippen LogP contribution in [0.15, 0.2) is 18.2 Å². The molecule has 0 spiro atoms. The van der Waals surface area contributed by atoms with Crippen LogP contribution in [0.4, 0.5) is 5.69 Å². The Morgan fingerprint density at radius 1 is 1.32 bits per heavy atom. The third kappa shape index (κ3) is 7.05. The van der Waals surface area contributed by atoms with Crippen molar-refractivity contribution in [2.45, 2.75) is 65.5 Å². The van der Waals surface area contributed by atoms with Crippen molar-refractivity contribution in [2.24, 2.45) is 0 Å².